The summed E-state index contributed by atoms with van der Waals surface area (Å²) in [6.45, 7) is 3.79. The maximum atomic E-state index is 12.5. The number of aryl methyl sites for hydroxylation is 2. The Kier molecular flexibility index (Phi) is 4.67. The number of fused-ring (bicyclic) bond motifs is 1. The van der Waals surface area contributed by atoms with E-state index >= 15 is 0 Å². The molecule has 29 heavy (non-hydrogen) atoms. The summed E-state index contributed by atoms with van der Waals surface area (Å²) < 4.78 is 12.9. The number of amides is 1. The van der Waals surface area contributed by atoms with Crippen molar-refractivity contribution in [3.05, 3.63) is 80.6 Å². The number of benzene rings is 2. The van der Waals surface area contributed by atoms with Crippen LogP contribution in [0, 0.1) is 13.8 Å². The van der Waals surface area contributed by atoms with Gasteiger partial charge in [-0.3, -0.25) is 23.5 Å². The third-order valence-electron chi connectivity index (χ3n) is 4.80. The van der Waals surface area contributed by atoms with E-state index in [1.807, 2.05) is 26.0 Å². The maximum absolute atomic E-state index is 12.5. The molecule has 0 saturated heterocycles. The smallest absolute Gasteiger partial charge is 0.320 e. The lowest BCUT2D eigenvalue weighted by Gasteiger charge is -2.11. The number of rotatable bonds is 4. The van der Waals surface area contributed by atoms with Crippen molar-refractivity contribution in [2.75, 3.05) is 12.1 Å². The van der Waals surface area contributed by atoms with E-state index in [2.05, 4.69) is 5.32 Å². The Balaban J connectivity index is 1.55. The van der Waals surface area contributed by atoms with Crippen molar-refractivity contribution in [3.63, 3.8) is 0 Å². The molecule has 0 fully saturated rings. The van der Waals surface area contributed by atoms with Gasteiger partial charge in [0.25, 0.3) is 0 Å². The van der Waals surface area contributed by atoms with Gasteiger partial charge in [0.1, 0.15) is 6.54 Å². The second-order valence-corrected chi connectivity index (χ2v) is 6.79. The fourth-order valence-electron chi connectivity index (χ4n) is 3.05. The van der Waals surface area contributed by atoms with E-state index in [0.717, 1.165) is 15.7 Å². The van der Waals surface area contributed by atoms with Crippen molar-refractivity contribution < 1.29 is 14.3 Å². The maximum Gasteiger partial charge on any atom is 0.320 e. The van der Waals surface area contributed by atoms with Gasteiger partial charge in [0.05, 0.1) is 5.69 Å². The molecule has 1 aliphatic rings. The predicted octanol–water partition coefficient (Wildman–Crippen LogP) is 1.98. The molecular weight excluding hydrogens is 374 g/mol. The van der Waals surface area contributed by atoms with Crippen LogP contribution in [0.15, 0.2) is 58.4 Å². The summed E-state index contributed by atoms with van der Waals surface area (Å²) in [5.41, 5.74) is 1.73. The fourth-order valence-corrected chi connectivity index (χ4v) is 3.05. The van der Waals surface area contributed by atoms with Crippen LogP contribution < -0.4 is 25.9 Å². The molecular formula is C21H19N3O5. The molecule has 2 heterocycles. The topological polar surface area (TPSA) is 91.6 Å². The van der Waals surface area contributed by atoms with Gasteiger partial charge in [-0.25, -0.2) is 0 Å². The highest BCUT2D eigenvalue weighted by atomic mass is 16.7. The van der Waals surface area contributed by atoms with E-state index in [1.54, 1.807) is 24.3 Å². The van der Waals surface area contributed by atoms with Gasteiger partial charge in [-0.15, -0.1) is 0 Å². The second-order valence-electron chi connectivity index (χ2n) is 6.79. The number of ether oxygens (including phenoxy) is 2. The van der Waals surface area contributed by atoms with Crippen LogP contribution >= 0.6 is 0 Å². The SMILES string of the molecule is Cc1ccc(NC(=O)Cn2ccn(-c3ccc4c(c3)OCO4)c(=O)c2=O)cc1C. The number of carbonyl (C=O) groups excluding carboxylic acids is 1. The highest BCUT2D eigenvalue weighted by Gasteiger charge is 2.16. The average molecular weight is 393 g/mol. The molecule has 0 aliphatic carbocycles. The molecule has 0 atom stereocenters. The minimum atomic E-state index is -0.791. The first-order chi connectivity index (χ1) is 13.9. The summed E-state index contributed by atoms with van der Waals surface area (Å²) in [6, 6.07) is 10.5. The summed E-state index contributed by atoms with van der Waals surface area (Å²) in [5.74, 6) is 0.695. The van der Waals surface area contributed by atoms with Gasteiger partial charge in [0.2, 0.25) is 12.7 Å². The minimum Gasteiger partial charge on any atom is -0.454 e. The number of hydrogen-bond donors (Lipinski definition) is 1. The van der Waals surface area contributed by atoms with Crippen molar-refractivity contribution >= 4 is 11.6 Å². The van der Waals surface area contributed by atoms with Crippen molar-refractivity contribution in [2.45, 2.75) is 20.4 Å². The van der Waals surface area contributed by atoms with E-state index in [4.69, 9.17) is 9.47 Å². The monoisotopic (exact) mass is 393 g/mol. The zero-order valence-corrected chi connectivity index (χ0v) is 16.0. The lowest BCUT2D eigenvalue weighted by molar-refractivity contribution is -0.116. The molecule has 0 saturated carbocycles. The van der Waals surface area contributed by atoms with Crippen LogP contribution in [0.5, 0.6) is 11.5 Å². The summed E-state index contributed by atoms with van der Waals surface area (Å²) in [6.07, 6.45) is 2.86. The van der Waals surface area contributed by atoms with Crippen molar-refractivity contribution in [1.82, 2.24) is 9.13 Å². The van der Waals surface area contributed by atoms with Crippen LogP contribution in [0.25, 0.3) is 5.69 Å². The molecule has 1 amide bonds. The number of carbonyl (C=O) groups is 1. The van der Waals surface area contributed by atoms with Gasteiger partial charge >= 0.3 is 11.1 Å². The molecule has 1 N–H and O–H groups in total. The van der Waals surface area contributed by atoms with Crippen LogP contribution in [-0.2, 0) is 11.3 Å². The molecule has 3 aromatic rings. The number of aromatic nitrogens is 2. The average Bonchev–Trinajstić information content (AvgIpc) is 3.16. The van der Waals surface area contributed by atoms with Crippen molar-refractivity contribution in [2.24, 2.45) is 0 Å². The quantitative estimate of drug-likeness (QED) is 0.685. The van der Waals surface area contributed by atoms with Gasteiger partial charge in [-0.05, 0) is 49.2 Å². The molecule has 2 aromatic carbocycles. The van der Waals surface area contributed by atoms with Crippen LogP contribution in [0.3, 0.4) is 0 Å². The second kappa shape index (κ2) is 7.31. The van der Waals surface area contributed by atoms with Gasteiger partial charge < -0.3 is 14.8 Å². The number of anilines is 1. The van der Waals surface area contributed by atoms with E-state index in [0.29, 0.717) is 22.9 Å². The van der Waals surface area contributed by atoms with Crippen LogP contribution in [0.4, 0.5) is 5.69 Å². The first-order valence-electron chi connectivity index (χ1n) is 9.01. The molecule has 1 aliphatic heterocycles. The van der Waals surface area contributed by atoms with E-state index in [9.17, 15) is 14.4 Å². The highest BCUT2D eigenvalue weighted by Crippen LogP contribution is 2.33. The molecule has 148 valence electrons. The summed E-state index contributed by atoms with van der Waals surface area (Å²) in [5, 5.41) is 2.74. The van der Waals surface area contributed by atoms with E-state index in [1.165, 1.54) is 17.0 Å². The molecule has 8 nitrogen and oxygen atoms in total. The summed E-state index contributed by atoms with van der Waals surface area (Å²) in [4.78, 5) is 37.3. The van der Waals surface area contributed by atoms with Gasteiger partial charge in [-0.2, -0.15) is 0 Å². The molecule has 0 spiro atoms. The highest BCUT2D eigenvalue weighted by molar-refractivity contribution is 5.90. The Bertz CT molecular complexity index is 1230. The summed E-state index contributed by atoms with van der Waals surface area (Å²) in [7, 11) is 0. The zero-order valence-electron chi connectivity index (χ0n) is 16.0. The fraction of sp³-hybridized carbons (Fsp3) is 0.190. The summed E-state index contributed by atoms with van der Waals surface area (Å²) >= 11 is 0. The molecule has 0 radical (unpaired) electrons. The molecule has 1 aromatic heterocycles. The van der Waals surface area contributed by atoms with Crippen molar-refractivity contribution in [3.8, 4) is 17.2 Å². The lowest BCUT2D eigenvalue weighted by Crippen LogP contribution is -2.41. The van der Waals surface area contributed by atoms with Gasteiger partial charge in [0, 0.05) is 24.1 Å². The van der Waals surface area contributed by atoms with E-state index in [-0.39, 0.29) is 13.3 Å². The normalized spacial score (nSPS) is 12.1. The largest absolute Gasteiger partial charge is 0.454 e. The molecule has 8 heteroatoms. The van der Waals surface area contributed by atoms with Crippen LogP contribution in [0.1, 0.15) is 11.1 Å². The number of nitrogens with one attached hydrogen (secondary N) is 1. The predicted molar refractivity (Wildman–Crippen MR) is 107 cm³/mol. The van der Waals surface area contributed by atoms with Crippen molar-refractivity contribution in [1.29, 1.82) is 0 Å². The van der Waals surface area contributed by atoms with E-state index < -0.39 is 17.0 Å². The molecule has 4 rings (SSSR count). The first kappa shape index (κ1) is 18.5. The van der Waals surface area contributed by atoms with Gasteiger partial charge in [-0.1, -0.05) is 6.07 Å². The Morgan fingerprint density at radius 2 is 1.76 bits per heavy atom. The van der Waals surface area contributed by atoms with Gasteiger partial charge in [0.15, 0.2) is 11.5 Å². The Morgan fingerprint density at radius 3 is 2.55 bits per heavy atom. The first-order valence-corrected chi connectivity index (χ1v) is 9.01. The molecule has 0 bridgehead atoms. The Hall–Kier alpha value is -3.81. The molecule has 0 unspecified atom stereocenters. The Morgan fingerprint density at radius 1 is 0.966 bits per heavy atom. The number of nitrogens with zero attached hydrogens (tertiary/aromatic N) is 2. The Labute approximate surface area is 165 Å². The third kappa shape index (κ3) is 3.64. The number of hydrogen-bond acceptors (Lipinski definition) is 5. The minimum absolute atomic E-state index is 0.116. The van der Waals surface area contributed by atoms with Crippen LogP contribution in [0.2, 0.25) is 0 Å². The third-order valence-corrected chi connectivity index (χ3v) is 4.80. The standard InChI is InChI=1S/C21H19N3O5/c1-13-3-4-15(9-14(13)2)22-19(25)11-23-7-8-24(21(27)20(23)26)16-5-6-17-18(10-16)29-12-28-17/h3-10H,11-12H2,1-2H3,(H,22,25). The zero-order chi connectivity index (χ0) is 20.5. The van der Waals surface area contributed by atoms with Crippen LogP contribution in [-0.4, -0.2) is 21.8 Å². The lowest BCUT2D eigenvalue weighted by atomic mass is 10.1.